The Morgan fingerprint density at radius 3 is 2.17 bits per heavy atom. The van der Waals surface area contributed by atoms with Crippen molar-refractivity contribution in [3.8, 4) is 0 Å². The summed E-state index contributed by atoms with van der Waals surface area (Å²) in [5.74, 6) is -2.21. The Morgan fingerprint density at radius 2 is 1.45 bits per heavy atom. The molecular formula is C25H21NO3. The highest BCUT2D eigenvalue weighted by Gasteiger charge is 2.61. The van der Waals surface area contributed by atoms with Crippen molar-refractivity contribution in [2.24, 2.45) is 11.8 Å². The van der Waals surface area contributed by atoms with E-state index < -0.39 is 17.4 Å². The van der Waals surface area contributed by atoms with E-state index in [1.165, 1.54) is 0 Å². The van der Waals surface area contributed by atoms with Gasteiger partial charge in [-0.3, -0.25) is 9.59 Å². The highest BCUT2D eigenvalue weighted by molar-refractivity contribution is 6.12. The monoisotopic (exact) mass is 383 g/mol. The average molecular weight is 383 g/mol. The second-order valence-corrected chi connectivity index (χ2v) is 7.87. The van der Waals surface area contributed by atoms with Crippen LogP contribution >= 0.6 is 0 Å². The van der Waals surface area contributed by atoms with Gasteiger partial charge in [0, 0.05) is 17.4 Å². The van der Waals surface area contributed by atoms with E-state index in [-0.39, 0.29) is 17.6 Å². The van der Waals surface area contributed by atoms with Gasteiger partial charge in [0.15, 0.2) is 5.78 Å². The molecule has 1 heterocycles. The zero-order valence-electron chi connectivity index (χ0n) is 15.8. The normalized spacial score (nSPS) is 28.2. The molecule has 5 rings (SSSR count). The van der Waals surface area contributed by atoms with Gasteiger partial charge in [0.25, 0.3) is 0 Å². The van der Waals surface area contributed by atoms with Crippen LogP contribution in [0.2, 0.25) is 0 Å². The number of amides is 1. The lowest BCUT2D eigenvalue weighted by Gasteiger charge is -2.35. The fraction of sp³-hybridized carbons (Fsp3) is 0.200. The molecule has 0 spiro atoms. The van der Waals surface area contributed by atoms with Gasteiger partial charge in [0.2, 0.25) is 5.91 Å². The number of ketones is 1. The minimum Gasteiger partial charge on any atom is -0.384 e. The molecule has 29 heavy (non-hydrogen) atoms. The Hall–Kier alpha value is -3.24. The molecule has 0 saturated heterocycles. The molecule has 3 aromatic carbocycles. The van der Waals surface area contributed by atoms with Gasteiger partial charge < -0.3 is 10.4 Å². The first-order valence-corrected chi connectivity index (χ1v) is 9.87. The van der Waals surface area contributed by atoms with E-state index >= 15 is 0 Å². The summed E-state index contributed by atoms with van der Waals surface area (Å²) in [7, 11) is 0. The summed E-state index contributed by atoms with van der Waals surface area (Å²) in [6, 6.07) is 26.0. The van der Waals surface area contributed by atoms with Crippen molar-refractivity contribution in [2.75, 3.05) is 5.32 Å². The van der Waals surface area contributed by atoms with Gasteiger partial charge in [-0.25, -0.2) is 0 Å². The van der Waals surface area contributed by atoms with Gasteiger partial charge in [-0.1, -0.05) is 72.8 Å². The van der Waals surface area contributed by atoms with Crippen molar-refractivity contribution in [3.63, 3.8) is 0 Å². The smallest absolute Gasteiger partial charge is 0.231 e. The molecule has 144 valence electrons. The molecule has 1 fully saturated rings. The lowest BCUT2D eigenvalue weighted by molar-refractivity contribution is -0.130. The maximum Gasteiger partial charge on any atom is 0.231 e. The minimum atomic E-state index is -1.48. The fourth-order valence-corrected chi connectivity index (χ4v) is 5.11. The van der Waals surface area contributed by atoms with Crippen LogP contribution in [0.3, 0.4) is 0 Å². The third kappa shape index (κ3) is 2.64. The van der Waals surface area contributed by atoms with Crippen LogP contribution in [0.25, 0.3) is 0 Å². The summed E-state index contributed by atoms with van der Waals surface area (Å²) in [4.78, 5) is 26.8. The van der Waals surface area contributed by atoms with E-state index in [9.17, 15) is 14.7 Å². The van der Waals surface area contributed by atoms with E-state index in [0.29, 0.717) is 23.2 Å². The zero-order valence-corrected chi connectivity index (χ0v) is 15.8. The van der Waals surface area contributed by atoms with Crippen LogP contribution in [0.4, 0.5) is 5.69 Å². The van der Waals surface area contributed by atoms with Crippen LogP contribution in [-0.4, -0.2) is 16.8 Å². The Kier molecular flexibility index (Phi) is 4.10. The highest BCUT2D eigenvalue weighted by Crippen LogP contribution is 2.57. The topological polar surface area (TPSA) is 66.4 Å². The number of hydrogen-bond acceptors (Lipinski definition) is 3. The molecule has 1 aliphatic heterocycles. The van der Waals surface area contributed by atoms with Gasteiger partial charge in [0.05, 0.1) is 11.6 Å². The van der Waals surface area contributed by atoms with Crippen LogP contribution in [0, 0.1) is 11.8 Å². The van der Waals surface area contributed by atoms with E-state index in [1.54, 1.807) is 24.3 Å². The van der Waals surface area contributed by atoms with Crippen molar-refractivity contribution in [3.05, 3.63) is 102 Å². The van der Waals surface area contributed by atoms with Crippen molar-refractivity contribution in [1.29, 1.82) is 0 Å². The van der Waals surface area contributed by atoms with Crippen molar-refractivity contribution in [1.82, 2.24) is 0 Å². The lowest BCUT2D eigenvalue weighted by Crippen LogP contribution is -2.43. The Bertz CT molecular complexity index is 1080. The number of carbonyl (C=O) groups excluding carboxylic acids is 2. The summed E-state index contributed by atoms with van der Waals surface area (Å²) < 4.78 is 0. The number of aliphatic hydroxyl groups is 1. The Morgan fingerprint density at radius 1 is 0.828 bits per heavy atom. The second-order valence-electron chi connectivity index (χ2n) is 7.87. The number of hydrogen-bond donors (Lipinski definition) is 2. The third-order valence-corrected chi connectivity index (χ3v) is 6.41. The summed E-state index contributed by atoms with van der Waals surface area (Å²) in [5, 5.41) is 15.1. The minimum absolute atomic E-state index is 0.0864. The summed E-state index contributed by atoms with van der Waals surface area (Å²) in [5.41, 5.74) is 1.15. The average Bonchev–Trinajstić information content (AvgIpc) is 3.04. The number of Topliss-reactive ketones (excluding diaryl/α,β-unsaturated/α-hetero) is 1. The number of rotatable bonds is 2. The summed E-state index contributed by atoms with van der Waals surface area (Å²) >= 11 is 0. The van der Waals surface area contributed by atoms with E-state index in [2.05, 4.69) is 5.32 Å². The van der Waals surface area contributed by atoms with Crippen molar-refractivity contribution in [2.45, 2.75) is 17.9 Å². The van der Waals surface area contributed by atoms with Crippen LogP contribution in [-0.2, 0) is 10.4 Å². The second kappa shape index (κ2) is 6.68. The number of benzene rings is 3. The van der Waals surface area contributed by atoms with Crippen molar-refractivity contribution >= 4 is 17.4 Å². The molecule has 4 heteroatoms. The maximum atomic E-state index is 13.5. The molecule has 4 atom stereocenters. The van der Waals surface area contributed by atoms with E-state index in [4.69, 9.17) is 0 Å². The number of carbonyl (C=O) groups is 2. The molecule has 0 bridgehead atoms. The molecule has 4 nitrogen and oxygen atoms in total. The summed E-state index contributed by atoms with van der Waals surface area (Å²) in [6.45, 7) is 0. The van der Waals surface area contributed by atoms with E-state index in [0.717, 1.165) is 5.56 Å². The zero-order chi connectivity index (χ0) is 20.0. The molecule has 2 aliphatic rings. The SMILES string of the molecule is O=C1c2ccccc2NC(=O)[C@H]2[C@H]1C[C@@H](c1ccccc1)[C@]2(O)c1ccccc1. The van der Waals surface area contributed by atoms with Crippen LogP contribution < -0.4 is 5.32 Å². The third-order valence-electron chi connectivity index (χ3n) is 6.41. The first-order valence-electron chi connectivity index (χ1n) is 9.87. The highest BCUT2D eigenvalue weighted by atomic mass is 16.3. The van der Waals surface area contributed by atoms with Gasteiger partial charge >= 0.3 is 0 Å². The van der Waals surface area contributed by atoms with Gasteiger partial charge in [0.1, 0.15) is 5.60 Å². The largest absolute Gasteiger partial charge is 0.384 e. The van der Waals surface area contributed by atoms with Gasteiger partial charge in [-0.05, 0) is 29.7 Å². The van der Waals surface area contributed by atoms with Crippen LogP contribution in [0.1, 0.15) is 33.8 Å². The predicted octanol–water partition coefficient (Wildman–Crippen LogP) is 4.13. The molecule has 2 N–H and O–H groups in total. The van der Waals surface area contributed by atoms with Gasteiger partial charge in [-0.2, -0.15) is 0 Å². The first-order chi connectivity index (χ1) is 14.1. The number of fused-ring (bicyclic) bond motifs is 2. The molecule has 0 aromatic heterocycles. The lowest BCUT2D eigenvalue weighted by atomic mass is 9.74. The Balaban J connectivity index is 1.71. The molecule has 0 unspecified atom stereocenters. The standard InChI is InChI=1S/C25H21NO3/c27-23-18-13-7-8-14-21(18)26-24(28)22-19(23)15-20(16-9-3-1-4-10-16)25(22,29)17-11-5-2-6-12-17/h1-14,19-20,22,29H,15H2,(H,26,28)/t19-,20+,22-,25-/m1/s1. The predicted molar refractivity (Wildman–Crippen MR) is 111 cm³/mol. The molecule has 1 amide bonds. The van der Waals surface area contributed by atoms with Crippen LogP contribution in [0.15, 0.2) is 84.9 Å². The first kappa shape index (κ1) is 17.8. The van der Waals surface area contributed by atoms with Crippen molar-refractivity contribution < 1.29 is 14.7 Å². The molecule has 1 saturated carbocycles. The Labute approximate surface area is 169 Å². The number of anilines is 1. The van der Waals surface area contributed by atoms with Gasteiger partial charge in [-0.15, -0.1) is 0 Å². The fourth-order valence-electron chi connectivity index (χ4n) is 5.11. The summed E-state index contributed by atoms with van der Waals surface area (Å²) in [6.07, 6.45) is 0.417. The molecule has 3 aromatic rings. The molecule has 0 radical (unpaired) electrons. The number of nitrogens with one attached hydrogen (secondary N) is 1. The quantitative estimate of drug-likeness (QED) is 0.699. The van der Waals surface area contributed by atoms with Crippen LogP contribution in [0.5, 0.6) is 0 Å². The number of para-hydroxylation sites is 1. The maximum absolute atomic E-state index is 13.5. The molecular weight excluding hydrogens is 362 g/mol. The van der Waals surface area contributed by atoms with E-state index in [1.807, 2.05) is 60.7 Å². The molecule has 1 aliphatic carbocycles.